The number of nitrogens with one attached hydrogen (secondary N) is 1. The van der Waals surface area contributed by atoms with Crippen molar-refractivity contribution >= 4 is 50.7 Å². The summed E-state index contributed by atoms with van der Waals surface area (Å²) < 4.78 is 14.0. The molecule has 0 spiro atoms. The zero-order valence-electron chi connectivity index (χ0n) is 12.4. The number of hydrogen-bond donors (Lipinski definition) is 1. The van der Waals surface area contributed by atoms with Gasteiger partial charge in [-0.25, -0.2) is 4.39 Å². The third-order valence-electron chi connectivity index (χ3n) is 3.83. The van der Waals surface area contributed by atoms with Crippen LogP contribution in [0.3, 0.4) is 0 Å². The Morgan fingerprint density at radius 1 is 1.29 bits per heavy atom. The van der Waals surface area contributed by atoms with Gasteiger partial charge < -0.3 is 10.2 Å². The Hall–Kier alpha value is -1.92. The normalized spacial score (nSPS) is 17.2. The van der Waals surface area contributed by atoms with Crippen molar-refractivity contribution in [1.82, 2.24) is 0 Å². The van der Waals surface area contributed by atoms with Crippen molar-refractivity contribution in [2.45, 2.75) is 6.42 Å². The molecule has 0 bridgehead atoms. The van der Waals surface area contributed by atoms with Crippen LogP contribution in [0.1, 0.15) is 6.42 Å². The van der Waals surface area contributed by atoms with Crippen LogP contribution in [-0.2, 0) is 9.59 Å². The highest BCUT2D eigenvalue weighted by atomic mass is 79.9. The molecule has 2 aromatic rings. The quantitative estimate of drug-likeness (QED) is 0.768. The fraction of sp³-hybridized carbons (Fsp3) is 0.176. The highest BCUT2D eigenvalue weighted by molar-refractivity contribution is 9.10. The molecule has 1 heterocycles. The Morgan fingerprint density at radius 2 is 2.08 bits per heavy atom. The number of carbonyl (C=O) groups excluding carboxylic acids is 2. The van der Waals surface area contributed by atoms with E-state index in [4.69, 9.17) is 11.6 Å². The number of amides is 2. The molecule has 7 heteroatoms. The molecule has 1 fully saturated rings. The van der Waals surface area contributed by atoms with E-state index in [1.54, 1.807) is 4.90 Å². The standard InChI is InChI=1S/C17H13BrClFN2O2/c18-10-2-1-3-12(8-10)22-7-6-13(17(22)24)16(23)21-11-4-5-15(20)14(19)9-11/h1-5,8-9,13H,6-7H2,(H,21,23). The molecule has 1 atom stereocenters. The first-order valence-corrected chi connectivity index (χ1v) is 8.45. The summed E-state index contributed by atoms with van der Waals surface area (Å²) in [7, 11) is 0. The molecule has 0 saturated carbocycles. The molecule has 3 rings (SSSR count). The highest BCUT2D eigenvalue weighted by Crippen LogP contribution is 2.28. The van der Waals surface area contributed by atoms with E-state index in [1.807, 2.05) is 24.3 Å². The summed E-state index contributed by atoms with van der Waals surface area (Å²) in [5.74, 6) is -2.00. The zero-order valence-corrected chi connectivity index (χ0v) is 14.8. The molecule has 1 saturated heterocycles. The summed E-state index contributed by atoms with van der Waals surface area (Å²) in [5.41, 5.74) is 1.11. The topological polar surface area (TPSA) is 49.4 Å². The lowest BCUT2D eigenvalue weighted by atomic mass is 10.1. The van der Waals surface area contributed by atoms with Crippen molar-refractivity contribution in [3.05, 3.63) is 57.8 Å². The predicted molar refractivity (Wildman–Crippen MR) is 94.6 cm³/mol. The van der Waals surface area contributed by atoms with E-state index in [0.717, 1.165) is 10.2 Å². The van der Waals surface area contributed by atoms with Gasteiger partial charge in [-0.1, -0.05) is 33.6 Å². The fourth-order valence-corrected chi connectivity index (χ4v) is 3.19. The van der Waals surface area contributed by atoms with Gasteiger partial charge in [-0.3, -0.25) is 9.59 Å². The van der Waals surface area contributed by atoms with E-state index in [0.29, 0.717) is 18.7 Å². The van der Waals surface area contributed by atoms with Crippen molar-refractivity contribution in [1.29, 1.82) is 0 Å². The van der Waals surface area contributed by atoms with Gasteiger partial charge in [0, 0.05) is 22.4 Å². The molecule has 0 radical (unpaired) electrons. The summed E-state index contributed by atoms with van der Waals surface area (Å²) in [6, 6.07) is 11.3. The van der Waals surface area contributed by atoms with E-state index in [2.05, 4.69) is 21.2 Å². The van der Waals surface area contributed by atoms with Crippen molar-refractivity contribution in [2.75, 3.05) is 16.8 Å². The third-order valence-corrected chi connectivity index (χ3v) is 4.61. The van der Waals surface area contributed by atoms with E-state index < -0.39 is 17.6 Å². The van der Waals surface area contributed by atoms with Gasteiger partial charge in [-0.15, -0.1) is 0 Å². The molecule has 0 aromatic heterocycles. The fourth-order valence-electron chi connectivity index (χ4n) is 2.63. The summed E-state index contributed by atoms with van der Waals surface area (Å²) >= 11 is 9.07. The summed E-state index contributed by atoms with van der Waals surface area (Å²) in [5, 5.41) is 2.54. The first kappa shape index (κ1) is 16.9. The van der Waals surface area contributed by atoms with Crippen LogP contribution in [0.4, 0.5) is 15.8 Å². The Kier molecular flexibility index (Phi) is 4.87. The Labute approximate surface area is 151 Å². The molecular weight excluding hydrogens is 399 g/mol. The van der Waals surface area contributed by atoms with Crippen molar-refractivity contribution in [3.63, 3.8) is 0 Å². The zero-order chi connectivity index (χ0) is 17.3. The lowest BCUT2D eigenvalue weighted by molar-refractivity contribution is -0.129. The summed E-state index contributed by atoms with van der Waals surface area (Å²) in [4.78, 5) is 26.5. The number of benzene rings is 2. The minimum Gasteiger partial charge on any atom is -0.325 e. The number of anilines is 2. The number of hydrogen-bond acceptors (Lipinski definition) is 2. The van der Waals surface area contributed by atoms with Crippen LogP contribution in [0.15, 0.2) is 46.9 Å². The van der Waals surface area contributed by atoms with E-state index in [-0.39, 0.29) is 10.9 Å². The van der Waals surface area contributed by atoms with E-state index in [9.17, 15) is 14.0 Å². The lowest BCUT2D eigenvalue weighted by Gasteiger charge is -2.17. The van der Waals surface area contributed by atoms with Gasteiger partial charge >= 0.3 is 0 Å². The van der Waals surface area contributed by atoms with Gasteiger partial charge in [-0.05, 0) is 42.8 Å². The second-order valence-corrected chi connectivity index (χ2v) is 6.75. The first-order chi connectivity index (χ1) is 11.5. The number of halogens is 3. The molecule has 2 amide bonds. The van der Waals surface area contributed by atoms with Crippen molar-refractivity contribution in [2.24, 2.45) is 5.92 Å². The van der Waals surface area contributed by atoms with Gasteiger partial charge in [0.1, 0.15) is 11.7 Å². The number of carbonyl (C=O) groups is 2. The molecule has 2 aromatic carbocycles. The Morgan fingerprint density at radius 3 is 2.79 bits per heavy atom. The molecule has 1 N–H and O–H groups in total. The van der Waals surface area contributed by atoms with Gasteiger partial charge in [0.15, 0.2) is 0 Å². The average molecular weight is 412 g/mol. The van der Waals surface area contributed by atoms with E-state index >= 15 is 0 Å². The molecule has 1 unspecified atom stereocenters. The van der Waals surface area contributed by atoms with Crippen molar-refractivity contribution < 1.29 is 14.0 Å². The SMILES string of the molecule is O=C(Nc1ccc(F)c(Cl)c1)C1CCN(c2cccc(Br)c2)C1=O. The van der Waals surface area contributed by atoms with Crippen LogP contribution in [0.2, 0.25) is 5.02 Å². The predicted octanol–water partition coefficient (Wildman–Crippen LogP) is 4.23. The maximum absolute atomic E-state index is 13.2. The molecule has 1 aliphatic rings. The van der Waals surface area contributed by atoms with Gasteiger partial charge in [0.2, 0.25) is 11.8 Å². The van der Waals surface area contributed by atoms with Crippen LogP contribution in [0.5, 0.6) is 0 Å². The number of rotatable bonds is 3. The summed E-state index contributed by atoms with van der Waals surface area (Å²) in [6.45, 7) is 0.470. The minimum absolute atomic E-state index is 0.0821. The van der Waals surface area contributed by atoms with Crippen LogP contribution >= 0.6 is 27.5 Å². The molecule has 4 nitrogen and oxygen atoms in total. The monoisotopic (exact) mass is 410 g/mol. The molecule has 24 heavy (non-hydrogen) atoms. The van der Waals surface area contributed by atoms with Gasteiger partial charge in [-0.2, -0.15) is 0 Å². The molecular formula is C17H13BrClFN2O2. The largest absolute Gasteiger partial charge is 0.325 e. The van der Waals surface area contributed by atoms with Crippen LogP contribution in [0.25, 0.3) is 0 Å². The van der Waals surface area contributed by atoms with Gasteiger partial charge in [0.25, 0.3) is 0 Å². The Balaban J connectivity index is 1.72. The Bertz CT molecular complexity index is 815. The first-order valence-electron chi connectivity index (χ1n) is 7.28. The molecule has 1 aliphatic heterocycles. The van der Waals surface area contributed by atoms with Crippen molar-refractivity contribution in [3.8, 4) is 0 Å². The maximum atomic E-state index is 13.2. The maximum Gasteiger partial charge on any atom is 0.239 e. The summed E-state index contributed by atoms with van der Waals surface area (Å²) in [6.07, 6.45) is 0.423. The lowest BCUT2D eigenvalue weighted by Crippen LogP contribution is -2.33. The smallest absolute Gasteiger partial charge is 0.239 e. The highest BCUT2D eigenvalue weighted by Gasteiger charge is 2.37. The second-order valence-electron chi connectivity index (χ2n) is 5.43. The molecule has 124 valence electrons. The van der Waals surface area contributed by atoms with Crippen LogP contribution in [-0.4, -0.2) is 18.4 Å². The average Bonchev–Trinajstić information content (AvgIpc) is 2.93. The second kappa shape index (κ2) is 6.91. The number of nitrogens with zero attached hydrogens (tertiary/aromatic N) is 1. The molecule has 0 aliphatic carbocycles. The van der Waals surface area contributed by atoms with Crippen LogP contribution < -0.4 is 10.2 Å². The van der Waals surface area contributed by atoms with E-state index in [1.165, 1.54) is 18.2 Å². The third kappa shape index (κ3) is 3.44. The minimum atomic E-state index is -0.771. The van der Waals surface area contributed by atoms with Gasteiger partial charge in [0.05, 0.1) is 5.02 Å². The van der Waals surface area contributed by atoms with Crippen LogP contribution in [0, 0.1) is 11.7 Å².